The number of amides is 1. The Bertz CT molecular complexity index is 462. The van der Waals surface area contributed by atoms with E-state index in [1.165, 1.54) is 18.4 Å². The predicted molar refractivity (Wildman–Crippen MR) is 88.7 cm³/mol. The van der Waals surface area contributed by atoms with Gasteiger partial charge in [-0.05, 0) is 37.3 Å². The number of likely N-dealkylation sites (tertiary alicyclic amines) is 1. The van der Waals surface area contributed by atoms with Gasteiger partial charge in [0.1, 0.15) is 6.04 Å². The lowest BCUT2D eigenvalue weighted by Crippen LogP contribution is -2.42. The summed E-state index contributed by atoms with van der Waals surface area (Å²) in [5.74, 6) is 0.685. The van der Waals surface area contributed by atoms with Gasteiger partial charge >= 0.3 is 0 Å². The first kappa shape index (κ1) is 15.9. The van der Waals surface area contributed by atoms with Gasteiger partial charge in [-0.2, -0.15) is 0 Å². The van der Waals surface area contributed by atoms with Crippen molar-refractivity contribution >= 4 is 11.6 Å². The van der Waals surface area contributed by atoms with Crippen LogP contribution in [0.2, 0.25) is 0 Å². The molecular weight excluding hydrogens is 260 g/mol. The topological polar surface area (TPSA) is 32.3 Å². The predicted octanol–water partition coefficient (Wildman–Crippen LogP) is 4.01. The number of anilines is 1. The molecule has 21 heavy (non-hydrogen) atoms. The van der Waals surface area contributed by atoms with Crippen LogP contribution in [0.25, 0.3) is 0 Å². The van der Waals surface area contributed by atoms with Crippen molar-refractivity contribution in [1.82, 2.24) is 4.90 Å². The van der Waals surface area contributed by atoms with E-state index in [0.717, 1.165) is 31.6 Å². The van der Waals surface area contributed by atoms with Gasteiger partial charge in [-0.25, -0.2) is 0 Å². The lowest BCUT2D eigenvalue weighted by atomic mass is 10.0. The minimum absolute atomic E-state index is 0.164. The monoisotopic (exact) mass is 288 g/mol. The highest BCUT2D eigenvalue weighted by molar-refractivity contribution is 5.84. The zero-order valence-electron chi connectivity index (χ0n) is 13.6. The van der Waals surface area contributed by atoms with Crippen LogP contribution < -0.4 is 5.32 Å². The zero-order valence-corrected chi connectivity index (χ0v) is 13.6. The van der Waals surface area contributed by atoms with Gasteiger partial charge in [0.05, 0.1) is 0 Å². The second-order valence-corrected chi connectivity index (χ2v) is 6.35. The van der Waals surface area contributed by atoms with Crippen LogP contribution in [0.4, 0.5) is 5.69 Å². The fourth-order valence-electron chi connectivity index (χ4n) is 2.99. The average molecular weight is 288 g/mol. The summed E-state index contributed by atoms with van der Waals surface area (Å²) in [4.78, 5) is 14.6. The molecule has 2 rings (SSSR count). The smallest absolute Gasteiger partial charge is 0.244 e. The summed E-state index contributed by atoms with van der Waals surface area (Å²) in [5.41, 5.74) is 2.36. The highest BCUT2D eigenvalue weighted by Crippen LogP contribution is 2.24. The summed E-state index contributed by atoms with van der Waals surface area (Å²) >= 11 is 0. The van der Waals surface area contributed by atoms with E-state index in [-0.39, 0.29) is 11.9 Å². The van der Waals surface area contributed by atoms with Gasteiger partial charge in [-0.3, -0.25) is 4.79 Å². The number of hydrogen-bond donors (Lipinski definition) is 1. The number of carbonyl (C=O) groups is 1. The lowest BCUT2D eigenvalue weighted by molar-refractivity contribution is -0.131. The summed E-state index contributed by atoms with van der Waals surface area (Å²) in [7, 11) is 0. The first-order valence-corrected chi connectivity index (χ1v) is 8.24. The van der Waals surface area contributed by atoms with Crippen LogP contribution in [0.3, 0.4) is 0 Å². The quantitative estimate of drug-likeness (QED) is 0.907. The minimum atomic E-state index is -0.164. The molecule has 1 amide bonds. The molecule has 0 saturated carbocycles. The Kier molecular flexibility index (Phi) is 5.66. The number of para-hydroxylation sites is 1. The van der Waals surface area contributed by atoms with Crippen LogP contribution in [0.5, 0.6) is 0 Å². The molecule has 0 aromatic heterocycles. The van der Waals surface area contributed by atoms with Crippen LogP contribution >= 0.6 is 0 Å². The van der Waals surface area contributed by atoms with E-state index in [1.807, 2.05) is 17.9 Å². The van der Waals surface area contributed by atoms with Crippen molar-refractivity contribution in [2.45, 2.75) is 58.4 Å². The van der Waals surface area contributed by atoms with Crippen LogP contribution in [0.15, 0.2) is 24.3 Å². The Hall–Kier alpha value is -1.51. The van der Waals surface area contributed by atoms with Gasteiger partial charge in [0.25, 0.3) is 0 Å². The maximum Gasteiger partial charge on any atom is 0.244 e. The van der Waals surface area contributed by atoms with Gasteiger partial charge in [0, 0.05) is 18.8 Å². The summed E-state index contributed by atoms with van der Waals surface area (Å²) in [6, 6.07) is 8.12. The Balaban J connectivity index is 2.03. The molecule has 1 unspecified atom stereocenters. The molecule has 1 saturated heterocycles. The molecule has 0 spiro atoms. The third-order valence-electron chi connectivity index (χ3n) is 4.24. The summed E-state index contributed by atoms with van der Waals surface area (Å²) in [6.45, 7) is 8.17. The lowest BCUT2D eigenvalue weighted by Gasteiger charge is -2.26. The van der Waals surface area contributed by atoms with E-state index >= 15 is 0 Å². The number of rotatable bonds is 4. The molecule has 1 atom stereocenters. The number of benzene rings is 1. The van der Waals surface area contributed by atoms with E-state index in [1.54, 1.807) is 0 Å². The number of carbonyl (C=O) groups excluding carboxylic acids is 1. The molecule has 116 valence electrons. The fraction of sp³-hybridized carbons (Fsp3) is 0.611. The maximum atomic E-state index is 12.6. The van der Waals surface area contributed by atoms with Gasteiger partial charge in [0.2, 0.25) is 5.91 Å². The normalized spacial score (nSPS) is 17.4. The van der Waals surface area contributed by atoms with Crippen molar-refractivity contribution in [1.29, 1.82) is 0 Å². The summed E-state index contributed by atoms with van der Waals surface area (Å²) in [5, 5.41) is 3.42. The van der Waals surface area contributed by atoms with E-state index < -0.39 is 0 Å². The highest BCUT2D eigenvalue weighted by Gasteiger charge is 2.22. The average Bonchev–Trinajstić information content (AvgIpc) is 2.75. The molecule has 1 aliphatic rings. The first-order valence-electron chi connectivity index (χ1n) is 8.24. The second-order valence-electron chi connectivity index (χ2n) is 6.35. The van der Waals surface area contributed by atoms with Gasteiger partial charge < -0.3 is 10.2 Å². The molecule has 1 fully saturated rings. The third kappa shape index (κ3) is 4.23. The minimum Gasteiger partial charge on any atom is -0.374 e. The Morgan fingerprint density at radius 3 is 2.29 bits per heavy atom. The molecule has 0 bridgehead atoms. The zero-order chi connectivity index (χ0) is 15.2. The van der Waals surface area contributed by atoms with Crippen molar-refractivity contribution in [2.75, 3.05) is 18.4 Å². The molecule has 3 nitrogen and oxygen atoms in total. The third-order valence-corrected chi connectivity index (χ3v) is 4.24. The van der Waals surface area contributed by atoms with Crippen molar-refractivity contribution in [2.24, 2.45) is 0 Å². The molecule has 3 heteroatoms. The van der Waals surface area contributed by atoms with Crippen LogP contribution in [0.1, 0.15) is 57.9 Å². The molecule has 1 N–H and O–H groups in total. The molecule has 1 aliphatic heterocycles. The van der Waals surface area contributed by atoms with E-state index in [9.17, 15) is 4.79 Å². The standard InChI is InChI=1S/C18H28N2O/c1-14(2)16-10-6-7-11-17(16)19-15(3)18(21)20-12-8-4-5-9-13-20/h6-7,10-11,14-15,19H,4-5,8-9,12-13H2,1-3H3. The van der Waals surface area contributed by atoms with Gasteiger partial charge in [-0.1, -0.05) is 44.9 Å². The van der Waals surface area contributed by atoms with Crippen LogP contribution in [-0.4, -0.2) is 29.9 Å². The number of nitrogens with one attached hydrogen (secondary N) is 1. The molecule has 0 radical (unpaired) electrons. The molecule has 1 heterocycles. The van der Waals surface area contributed by atoms with Crippen LogP contribution in [0, 0.1) is 0 Å². The molecule has 0 aliphatic carbocycles. The van der Waals surface area contributed by atoms with Crippen LogP contribution in [-0.2, 0) is 4.79 Å². The highest BCUT2D eigenvalue weighted by atomic mass is 16.2. The Morgan fingerprint density at radius 1 is 1.05 bits per heavy atom. The largest absolute Gasteiger partial charge is 0.374 e. The van der Waals surface area contributed by atoms with Crippen molar-refractivity contribution in [3.8, 4) is 0 Å². The number of nitrogens with zero attached hydrogens (tertiary/aromatic N) is 1. The van der Waals surface area contributed by atoms with Crippen molar-refractivity contribution in [3.63, 3.8) is 0 Å². The second kappa shape index (κ2) is 7.48. The van der Waals surface area contributed by atoms with Crippen molar-refractivity contribution in [3.05, 3.63) is 29.8 Å². The summed E-state index contributed by atoms with van der Waals surface area (Å²) in [6.07, 6.45) is 4.78. The van der Waals surface area contributed by atoms with Crippen molar-refractivity contribution < 1.29 is 4.79 Å². The molecular formula is C18H28N2O. The van der Waals surface area contributed by atoms with Gasteiger partial charge in [0.15, 0.2) is 0 Å². The number of hydrogen-bond acceptors (Lipinski definition) is 2. The summed E-state index contributed by atoms with van der Waals surface area (Å²) < 4.78 is 0. The van der Waals surface area contributed by atoms with Gasteiger partial charge in [-0.15, -0.1) is 0 Å². The maximum absolute atomic E-state index is 12.6. The molecule has 1 aromatic rings. The first-order chi connectivity index (χ1) is 10.1. The Labute approximate surface area is 128 Å². The van der Waals surface area contributed by atoms with E-state index in [0.29, 0.717) is 5.92 Å². The Morgan fingerprint density at radius 2 is 1.67 bits per heavy atom. The molecule has 1 aromatic carbocycles. The SMILES string of the molecule is CC(Nc1ccccc1C(C)C)C(=O)N1CCCCCC1. The van der Waals surface area contributed by atoms with E-state index in [4.69, 9.17) is 0 Å². The van der Waals surface area contributed by atoms with E-state index in [2.05, 4.69) is 37.4 Å². The fourth-order valence-corrected chi connectivity index (χ4v) is 2.99.